The molecule has 1 heterocycles. The Labute approximate surface area is 149 Å². The molecule has 6 heteroatoms. The lowest BCUT2D eigenvalue weighted by Crippen LogP contribution is -2.48. The van der Waals surface area contributed by atoms with E-state index in [9.17, 15) is 4.79 Å². The van der Waals surface area contributed by atoms with Crippen molar-refractivity contribution in [3.63, 3.8) is 0 Å². The number of nitrogens with zero attached hydrogens (tertiary/aromatic N) is 1. The molecule has 2 N–H and O–H groups in total. The standard InChI is InChI=1S/C17H25ClN2O2.ClH/c1-2-3-7-15(19)17(21)20-11-9-13(10-12-20)22-16-8-5-4-6-14(16)18;/h4-6,8,13,15H,2-3,7,9-12,19H2,1H3;1H. The Kier molecular flexibility index (Phi) is 8.74. The quantitative estimate of drug-likeness (QED) is 0.842. The van der Waals surface area contributed by atoms with Crippen LogP contribution in [-0.4, -0.2) is 36.0 Å². The lowest BCUT2D eigenvalue weighted by atomic mass is 10.0. The highest BCUT2D eigenvalue weighted by Gasteiger charge is 2.27. The van der Waals surface area contributed by atoms with Crippen LogP contribution in [0, 0.1) is 0 Å². The van der Waals surface area contributed by atoms with Crippen LogP contribution in [0.3, 0.4) is 0 Å². The maximum Gasteiger partial charge on any atom is 0.239 e. The van der Waals surface area contributed by atoms with Gasteiger partial charge in [0.1, 0.15) is 11.9 Å². The number of benzene rings is 1. The summed E-state index contributed by atoms with van der Waals surface area (Å²) in [6, 6.07) is 7.13. The van der Waals surface area contributed by atoms with Crippen molar-refractivity contribution in [2.45, 2.75) is 51.2 Å². The third kappa shape index (κ3) is 5.87. The number of carbonyl (C=O) groups is 1. The third-order valence-corrected chi connectivity index (χ3v) is 4.38. The van der Waals surface area contributed by atoms with Crippen LogP contribution in [-0.2, 0) is 4.79 Å². The molecule has 23 heavy (non-hydrogen) atoms. The summed E-state index contributed by atoms with van der Waals surface area (Å²) in [5, 5.41) is 0.627. The number of halogens is 2. The van der Waals surface area contributed by atoms with Crippen molar-refractivity contribution in [1.82, 2.24) is 4.90 Å². The lowest BCUT2D eigenvalue weighted by Gasteiger charge is -2.33. The molecule has 0 saturated carbocycles. The minimum atomic E-state index is -0.360. The topological polar surface area (TPSA) is 55.6 Å². The van der Waals surface area contributed by atoms with E-state index in [4.69, 9.17) is 22.1 Å². The summed E-state index contributed by atoms with van der Waals surface area (Å²) in [4.78, 5) is 14.1. The second kappa shape index (κ2) is 10.0. The van der Waals surface area contributed by atoms with Crippen molar-refractivity contribution in [2.75, 3.05) is 13.1 Å². The summed E-state index contributed by atoms with van der Waals surface area (Å²) in [5.41, 5.74) is 5.97. The van der Waals surface area contributed by atoms with Crippen LogP contribution in [0.25, 0.3) is 0 Å². The van der Waals surface area contributed by atoms with E-state index < -0.39 is 0 Å². The summed E-state index contributed by atoms with van der Waals surface area (Å²) >= 11 is 6.11. The van der Waals surface area contributed by atoms with Crippen LogP contribution in [0.2, 0.25) is 5.02 Å². The van der Waals surface area contributed by atoms with Crippen molar-refractivity contribution in [3.8, 4) is 5.75 Å². The van der Waals surface area contributed by atoms with Crippen molar-refractivity contribution >= 4 is 29.9 Å². The van der Waals surface area contributed by atoms with Crippen LogP contribution >= 0.6 is 24.0 Å². The number of para-hydroxylation sites is 1. The molecule has 0 radical (unpaired) electrons. The van der Waals surface area contributed by atoms with E-state index in [0.717, 1.165) is 32.1 Å². The number of ether oxygens (including phenoxy) is 1. The summed E-state index contributed by atoms with van der Waals surface area (Å²) in [5.74, 6) is 0.790. The van der Waals surface area contributed by atoms with Crippen molar-refractivity contribution in [3.05, 3.63) is 29.3 Å². The normalized spacial score (nSPS) is 16.6. The summed E-state index contributed by atoms with van der Waals surface area (Å²) in [7, 11) is 0. The minimum Gasteiger partial charge on any atom is -0.489 e. The van der Waals surface area contributed by atoms with E-state index in [0.29, 0.717) is 23.9 Å². The van der Waals surface area contributed by atoms with Crippen LogP contribution in [0.5, 0.6) is 5.75 Å². The molecule has 1 aliphatic rings. The Balaban J connectivity index is 0.00000264. The van der Waals surface area contributed by atoms with Gasteiger partial charge in [-0.2, -0.15) is 0 Å². The molecule has 1 atom stereocenters. The predicted octanol–water partition coefficient (Wildman–Crippen LogP) is 3.65. The van der Waals surface area contributed by atoms with Crippen molar-refractivity contribution in [2.24, 2.45) is 5.73 Å². The Hall–Kier alpha value is -0.970. The average Bonchev–Trinajstić information content (AvgIpc) is 2.55. The number of nitrogens with two attached hydrogens (primary N) is 1. The van der Waals surface area contributed by atoms with Crippen molar-refractivity contribution < 1.29 is 9.53 Å². The molecule has 1 aromatic rings. The van der Waals surface area contributed by atoms with Gasteiger partial charge in [0, 0.05) is 25.9 Å². The highest BCUT2D eigenvalue weighted by atomic mass is 35.5. The Morgan fingerprint density at radius 2 is 2.04 bits per heavy atom. The largest absolute Gasteiger partial charge is 0.489 e. The fraction of sp³-hybridized carbons (Fsp3) is 0.588. The van der Waals surface area contributed by atoms with Gasteiger partial charge in [-0.3, -0.25) is 4.79 Å². The molecule has 4 nitrogen and oxygen atoms in total. The fourth-order valence-electron chi connectivity index (χ4n) is 2.70. The van der Waals surface area contributed by atoms with Gasteiger partial charge in [0.05, 0.1) is 11.1 Å². The van der Waals surface area contributed by atoms with E-state index in [1.807, 2.05) is 29.2 Å². The van der Waals surface area contributed by atoms with Gasteiger partial charge in [-0.05, 0) is 18.6 Å². The van der Waals surface area contributed by atoms with Crippen LogP contribution < -0.4 is 10.5 Å². The van der Waals surface area contributed by atoms with Crippen LogP contribution in [0.15, 0.2) is 24.3 Å². The number of likely N-dealkylation sites (tertiary alicyclic amines) is 1. The Morgan fingerprint density at radius 3 is 2.65 bits per heavy atom. The van der Waals surface area contributed by atoms with Gasteiger partial charge in [-0.15, -0.1) is 12.4 Å². The van der Waals surface area contributed by atoms with Crippen LogP contribution in [0.4, 0.5) is 0 Å². The number of unbranched alkanes of at least 4 members (excludes halogenated alkanes) is 1. The van der Waals surface area contributed by atoms with E-state index in [1.54, 1.807) is 0 Å². The molecule has 0 aromatic heterocycles. The third-order valence-electron chi connectivity index (χ3n) is 4.07. The first kappa shape index (κ1) is 20.1. The first-order valence-corrected chi connectivity index (χ1v) is 8.45. The van der Waals surface area contributed by atoms with E-state index in [2.05, 4.69) is 6.92 Å². The molecule has 130 valence electrons. The van der Waals surface area contributed by atoms with Crippen LogP contribution in [0.1, 0.15) is 39.0 Å². The second-order valence-electron chi connectivity index (χ2n) is 5.82. The van der Waals surface area contributed by atoms with Gasteiger partial charge in [0.2, 0.25) is 5.91 Å². The van der Waals surface area contributed by atoms with E-state index >= 15 is 0 Å². The smallest absolute Gasteiger partial charge is 0.239 e. The van der Waals surface area contributed by atoms with Crippen molar-refractivity contribution in [1.29, 1.82) is 0 Å². The van der Waals surface area contributed by atoms with Gasteiger partial charge < -0.3 is 15.4 Å². The molecule has 1 amide bonds. The fourth-order valence-corrected chi connectivity index (χ4v) is 2.88. The summed E-state index contributed by atoms with van der Waals surface area (Å²) in [6.45, 7) is 3.51. The average molecular weight is 361 g/mol. The van der Waals surface area contributed by atoms with Gasteiger partial charge >= 0.3 is 0 Å². The van der Waals surface area contributed by atoms with Gasteiger partial charge in [0.25, 0.3) is 0 Å². The molecule has 1 fully saturated rings. The maximum absolute atomic E-state index is 12.3. The molecule has 1 aliphatic heterocycles. The van der Waals surface area contributed by atoms with Gasteiger partial charge in [0.15, 0.2) is 0 Å². The number of carbonyl (C=O) groups excluding carboxylic acids is 1. The lowest BCUT2D eigenvalue weighted by molar-refractivity contribution is -0.134. The molecule has 0 bridgehead atoms. The minimum absolute atomic E-state index is 0. The highest BCUT2D eigenvalue weighted by molar-refractivity contribution is 6.32. The molecule has 0 spiro atoms. The van der Waals surface area contributed by atoms with Gasteiger partial charge in [-0.1, -0.05) is 43.5 Å². The molecule has 1 aromatic carbocycles. The first-order chi connectivity index (χ1) is 10.6. The molecule has 0 aliphatic carbocycles. The molecule has 1 unspecified atom stereocenters. The number of hydrogen-bond donors (Lipinski definition) is 1. The Morgan fingerprint density at radius 1 is 1.39 bits per heavy atom. The molecule has 2 rings (SSSR count). The number of hydrogen-bond acceptors (Lipinski definition) is 3. The maximum atomic E-state index is 12.3. The monoisotopic (exact) mass is 360 g/mol. The zero-order valence-corrected chi connectivity index (χ0v) is 15.1. The Bertz CT molecular complexity index is 491. The second-order valence-corrected chi connectivity index (χ2v) is 6.23. The van der Waals surface area contributed by atoms with E-state index in [-0.39, 0.29) is 30.5 Å². The number of amides is 1. The number of rotatable bonds is 6. The van der Waals surface area contributed by atoms with E-state index in [1.165, 1.54) is 0 Å². The SMILES string of the molecule is CCCCC(N)C(=O)N1CCC(Oc2ccccc2Cl)CC1.Cl. The zero-order valence-electron chi connectivity index (χ0n) is 13.5. The molecular formula is C17H26Cl2N2O2. The number of piperidine rings is 1. The zero-order chi connectivity index (χ0) is 15.9. The first-order valence-electron chi connectivity index (χ1n) is 8.07. The molecular weight excluding hydrogens is 335 g/mol. The van der Waals surface area contributed by atoms with Gasteiger partial charge in [-0.25, -0.2) is 0 Å². The summed E-state index contributed by atoms with van der Waals surface area (Å²) < 4.78 is 5.94. The predicted molar refractivity (Wildman–Crippen MR) is 96.4 cm³/mol. The summed E-state index contributed by atoms with van der Waals surface area (Å²) in [6.07, 6.45) is 4.57. The highest BCUT2D eigenvalue weighted by Crippen LogP contribution is 2.26. The molecule has 1 saturated heterocycles.